The quantitative estimate of drug-likeness (QED) is 0.725. The molecule has 0 fully saturated rings. The number of aliphatic hydroxyl groups excluding tert-OH is 1. The third kappa shape index (κ3) is 4.54. The Kier molecular flexibility index (Phi) is 5.23. The van der Waals surface area contributed by atoms with Crippen LogP contribution in [-0.2, 0) is 6.18 Å². The van der Waals surface area contributed by atoms with Gasteiger partial charge < -0.3 is 15.7 Å². The van der Waals surface area contributed by atoms with Crippen LogP contribution in [0.25, 0.3) is 0 Å². The molecular weight excluding hydrogens is 328 g/mol. The monoisotopic (exact) mass is 344 g/mol. The maximum absolute atomic E-state index is 13.1. The largest absolute Gasteiger partial charge is 0.433 e. The molecule has 1 aromatic carbocycles. The van der Waals surface area contributed by atoms with Crippen molar-refractivity contribution >= 4 is 17.5 Å². The van der Waals surface area contributed by atoms with Gasteiger partial charge in [-0.2, -0.15) is 18.2 Å². The first-order valence-electron chi connectivity index (χ1n) is 7.06. The van der Waals surface area contributed by atoms with Gasteiger partial charge in [-0.25, -0.2) is 9.37 Å². The second kappa shape index (κ2) is 7.00. The number of nitrogens with zero attached hydrogens (tertiary/aromatic N) is 2. The van der Waals surface area contributed by atoms with Crippen molar-refractivity contribution in [2.75, 3.05) is 17.2 Å². The zero-order valence-electron chi connectivity index (χ0n) is 12.9. The van der Waals surface area contributed by atoms with Crippen molar-refractivity contribution in [1.29, 1.82) is 0 Å². The summed E-state index contributed by atoms with van der Waals surface area (Å²) in [5.74, 6) is -0.816. The number of aliphatic hydroxyl groups is 1. The van der Waals surface area contributed by atoms with Crippen LogP contribution < -0.4 is 10.6 Å². The predicted octanol–water partition coefficient (Wildman–Crippen LogP) is 3.48. The van der Waals surface area contributed by atoms with Gasteiger partial charge in [0.1, 0.15) is 11.6 Å². The van der Waals surface area contributed by atoms with E-state index in [2.05, 4.69) is 20.6 Å². The number of halogens is 4. The first kappa shape index (κ1) is 17.9. The highest BCUT2D eigenvalue weighted by molar-refractivity contribution is 5.61. The van der Waals surface area contributed by atoms with Crippen LogP contribution in [0.3, 0.4) is 0 Å². The lowest BCUT2D eigenvalue weighted by molar-refractivity contribution is -0.141. The van der Waals surface area contributed by atoms with Crippen LogP contribution in [-0.4, -0.2) is 27.7 Å². The molecule has 5 nitrogen and oxygen atoms in total. The van der Waals surface area contributed by atoms with Gasteiger partial charge in [0.25, 0.3) is 0 Å². The summed E-state index contributed by atoms with van der Waals surface area (Å²) in [5.41, 5.74) is -0.197. The van der Waals surface area contributed by atoms with E-state index >= 15 is 0 Å². The highest BCUT2D eigenvalue weighted by Gasteiger charge is 2.34. The topological polar surface area (TPSA) is 70.1 Å². The van der Waals surface area contributed by atoms with Gasteiger partial charge in [-0.05, 0) is 37.6 Å². The van der Waals surface area contributed by atoms with E-state index in [-0.39, 0.29) is 18.4 Å². The Morgan fingerprint density at radius 1 is 1.21 bits per heavy atom. The zero-order chi connectivity index (χ0) is 17.9. The summed E-state index contributed by atoms with van der Waals surface area (Å²) in [6.07, 6.45) is -4.66. The molecule has 0 radical (unpaired) electrons. The Bertz CT molecular complexity index is 721. The number of anilines is 3. The molecule has 0 amide bonds. The van der Waals surface area contributed by atoms with E-state index < -0.39 is 23.7 Å². The minimum Gasteiger partial charge on any atom is -0.394 e. The minimum absolute atomic E-state index is 0.0975. The number of aryl methyl sites for hydroxylation is 1. The number of aromatic nitrogens is 2. The van der Waals surface area contributed by atoms with Crippen molar-refractivity contribution in [3.8, 4) is 0 Å². The summed E-state index contributed by atoms with van der Waals surface area (Å²) >= 11 is 0. The van der Waals surface area contributed by atoms with Crippen LogP contribution in [0, 0.1) is 12.7 Å². The van der Waals surface area contributed by atoms with E-state index in [1.54, 1.807) is 13.8 Å². The Morgan fingerprint density at radius 3 is 2.50 bits per heavy atom. The second-order valence-corrected chi connectivity index (χ2v) is 5.27. The molecule has 24 heavy (non-hydrogen) atoms. The molecule has 0 aliphatic rings. The van der Waals surface area contributed by atoms with E-state index in [0.29, 0.717) is 11.3 Å². The predicted molar refractivity (Wildman–Crippen MR) is 81.6 cm³/mol. The van der Waals surface area contributed by atoms with Crippen LogP contribution in [0.1, 0.15) is 18.2 Å². The molecule has 1 heterocycles. The number of benzene rings is 1. The molecule has 0 aliphatic carbocycles. The first-order valence-corrected chi connectivity index (χ1v) is 7.06. The molecule has 0 unspecified atom stereocenters. The average molecular weight is 344 g/mol. The zero-order valence-corrected chi connectivity index (χ0v) is 12.9. The van der Waals surface area contributed by atoms with Crippen molar-refractivity contribution in [3.05, 3.63) is 41.3 Å². The fourth-order valence-electron chi connectivity index (χ4n) is 1.89. The van der Waals surface area contributed by atoms with Crippen molar-refractivity contribution in [3.63, 3.8) is 0 Å². The lowest BCUT2D eigenvalue weighted by atomic mass is 10.2. The molecule has 1 atom stereocenters. The SMILES string of the molecule is Cc1cc(F)ccc1Nc1cc(C(F)(F)F)nc(N[C@H](C)CO)n1. The Balaban J connectivity index is 2.38. The molecule has 0 saturated heterocycles. The summed E-state index contributed by atoms with van der Waals surface area (Å²) in [5, 5.41) is 14.3. The van der Waals surface area contributed by atoms with E-state index in [0.717, 1.165) is 6.07 Å². The minimum atomic E-state index is -4.66. The highest BCUT2D eigenvalue weighted by Crippen LogP contribution is 2.31. The lowest BCUT2D eigenvalue weighted by Gasteiger charge is -2.15. The smallest absolute Gasteiger partial charge is 0.394 e. The van der Waals surface area contributed by atoms with Gasteiger partial charge in [0, 0.05) is 17.8 Å². The third-order valence-electron chi connectivity index (χ3n) is 3.12. The van der Waals surface area contributed by atoms with Crippen molar-refractivity contribution in [2.24, 2.45) is 0 Å². The van der Waals surface area contributed by atoms with Crippen molar-refractivity contribution < 1.29 is 22.7 Å². The number of rotatable bonds is 5. The van der Waals surface area contributed by atoms with Gasteiger partial charge in [-0.1, -0.05) is 0 Å². The van der Waals surface area contributed by atoms with Crippen LogP contribution >= 0.6 is 0 Å². The summed E-state index contributed by atoms with van der Waals surface area (Å²) in [7, 11) is 0. The van der Waals surface area contributed by atoms with Gasteiger partial charge in [0.05, 0.1) is 6.61 Å². The summed E-state index contributed by atoms with van der Waals surface area (Å²) < 4.78 is 52.1. The Morgan fingerprint density at radius 2 is 1.92 bits per heavy atom. The number of hydrogen-bond acceptors (Lipinski definition) is 5. The second-order valence-electron chi connectivity index (χ2n) is 5.27. The lowest BCUT2D eigenvalue weighted by Crippen LogP contribution is -2.22. The maximum atomic E-state index is 13.1. The van der Waals surface area contributed by atoms with E-state index in [1.165, 1.54) is 18.2 Å². The fraction of sp³-hybridized carbons (Fsp3) is 0.333. The van der Waals surface area contributed by atoms with Crippen LogP contribution in [0.5, 0.6) is 0 Å². The Hall–Kier alpha value is -2.42. The van der Waals surface area contributed by atoms with Crippen molar-refractivity contribution in [2.45, 2.75) is 26.1 Å². The third-order valence-corrected chi connectivity index (χ3v) is 3.12. The van der Waals surface area contributed by atoms with E-state index in [1.807, 2.05) is 0 Å². The molecule has 0 saturated carbocycles. The standard InChI is InChI=1S/C15H16F4N4O/c1-8-5-10(16)3-4-11(8)21-13-6-12(15(17,18)19)22-14(23-13)20-9(2)7-24/h3-6,9,24H,7H2,1-2H3,(H2,20,21,22,23)/t9-/m1/s1. The van der Waals surface area contributed by atoms with Crippen LogP contribution in [0.4, 0.5) is 35.0 Å². The van der Waals surface area contributed by atoms with Crippen molar-refractivity contribution in [1.82, 2.24) is 9.97 Å². The fourth-order valence-corrected chi connectivity index (χ4v) is 1.89. The van der Waals surface area contributed by atoms with Gasteiger partial charge >= 0.3 is 6.18 Å². The number of nitrogens with one attached hydrogen (secondary N) is 2. The number of alkyl halides is 3. The molecule has 3 N–H and O–H groups in total. The molecule has 2 rings (SSSR count). The summed E-state index contributed by atoms with van der Waals surface area (Å²) in [4.78, 5) is 7.37. The molecule has 9 heteroatoms. The van der Waals surface area contributed by atoms with Gasteiger partial charge in [-0.3, -0.25) is 0 Å². The molecular formula is C15H16F4N4O. The van der Waals surface area contributed by atoms with Crippen LogP contribution in [0.2, 0.25) is 0 Å². The molecule has 0 bridgehead atoms. The summed E-state index contributed by atoms with van der Waals surface area (Å²) in [6, 6.07) is 4.09. The molecule has 2 aromatic rings. The molecule has 130 valence electrons. The molecule has 1 aromatic heterocycles. The highest BCUT2D eigenvalue weighted by atomic mass is 19.4. The Labute approximate surface area is 135 Å². The van der Waals surface area contributed by atoms with Gasteiger partial charge in [0.15, 0.2) is 5.69 Å². The maximum Gasteiger partial charge on any atom is 0.433 e. The number of hydrogen-bond donors (Lipinski definition) is 3. The van der Waals surface area contributed by atoms with Gasteiger partial charge in [0.2, 0.25) is 5.95 Å². The summed E-state index contributed by atoms with van der Waals surface area (Å²) in [6.45, 7) is 2.89. The van der Waals surface area contributed by atoms with E-state index in [9.17, 15) is 17.6 Å². The van der Waals surface area contributed by atoms with Crippen LogP contribution in [0.15, 0.2) is 24.3 Å². The van der Waals surface area contributed by atoms with Gasteiger partial charge in [-0.15, -0.1) is 0 Å². The normalized spacial score (nSPS) is 12.8. The molecule has 0 aliphatic heterocycles. The molecule has 0 spiro atoms. The van der Waals surface area contributed by atoms with E-state index in [4.69, 9.17) is 5.11 Å². The average Bonchev–Trinajstić information content (AvgIpc) is 2.49. The first-order chi connectivity index (χ1) is 11.2.